The number of benzene rings is 14. The summed E-state index contributed by atoms with van der Waals surface area (Å²) in [6.45, 7) is 0. The molecule has 0 N–H and O–H groups in total. The Morgan fingerprint density at radius 2 is 0.377 bits per heavy atom. The van der Waals surface area contributed by atoms with Gasteiger partial charge in [0.25, 0.3) is 0 Å². The molecule has 0 amide bonds. The molecular formula is C98H58N16. The molecule has 0 aliphatic rings. The zero-order chi connectivity index (χ0) is 76.0. The third-order valence-corrected chi connectivity index (χ3v) is 20.4. The minimum absolute atomic E-state index is 0.328. The van der Waals surface area contributed by atoms with E-state index in [1.807, 2.05) is 273 Å². The Morgan fingerprint density at radius 3 is 0.588 bits per heavy atom. The van der Waals surface area contributed by atoms with E-state index in [1.165, 1.54) is 0 Å². The molecule has 6 aromatic heterocycles. The number of nitriles is 2. The summed E-state index contributed by atoms with van der Waals surface area (Å²) < 4.78 is 4.44. The van der Waals surface area contributed by atoms with Gasteiger partial charge >= 0.3 is 0 Å². The summed E-state index contributed by atoms with van der Waals surface area (Å²) in [6, 6.07) is 121. The van der Waals surface area contributed by atoms with Crippen molar-refractivity contribution in [2.75, 3.05) is 0 Å². The van der Waals surface area contributed by atoms with E-state index in [0.29, 0.717) is 126 Å². The van der Waals surface area contributed by atoms with Crippen LogP contribution in [0, 0.1) is 22.7 Å². The first-order valence-electron chi connectivity index (χ1n) is 37.1. The Balaban J connectivity index is 0.904. The third kappa shape index (κ3) is 12.5. The average molecular weight is 1460 g/mol. The minimum Gasteiger partial charge on any atom is -0.308 e. The van der Waals surface area contributed by atoms with Gasteiger partial charge in [-0.3, -0.25) is 0 Å². The highest BCUT2D eigenvalue weighted by molar-refractivity contribution is 6.14. The van der Waals surface area contributed by atoms with E-state index < -0.39 is 0 Å². The Hall–Kier alpha value is -16.3. The monoisotopic (exact) mass is 1460 g/mol. The number of hydrogen-bond donors (Lipinski definition) is 0. The van der Waals surface area contributed by atoms with Crippen LogP contribution in [-0.4, -0.2) is 68.9 Å². The van der Waals surface area contributed by atoms with Gasteiger partial charge in [-0.05, 0) is 54.1 Å². The summed E-state index contributed by atoms with van der Waals surface area (Å²) in [4.78, 5) is 62.7. The summed E-state index contributed by atoms with van der Waals surface area (Å²) in [5.41, 5.74) is 15.6. The van der Waals surface area contributed by atoms with Gasteiger partial charge in [-0.2, -0.15) is 10.5 Å². The smallest absolute Gasteiger partial charge is 0.164 e. The molecule has 0 saturated carbocycles. The first kappa shape index (κ1) is 67.1. The molecule has 0 radical (unpaired) electrons. The minimum atomic E-state index is 0.328. The van der Waals surface area contributed by atoms with Crippen molar-refractivity contribution in [2.45, 2.75) is 0 Å². The van der Waals surface area contributed by atoms with Gasteiger partial charge in [0, 0.05) is 93.9 Å². The normalized spacial score (nSPS) is 11.3. The quantitative estimate of drug-likeness (QED) is 0.0934. The van der Waals surface area contributed by atoms with Crippen LogP contribution < -0.4 is 0 Å². The van der Waals surface area contributed by atoms with Crippen molar-refractivity contribution >= 4 is 43.6 Å². The van der Waals surface area contributed by atoms with Crippen LogP contribution in [-0.2, 0) is 0 Å². The predicted octanol–water partition coefficient (Wildman–Crippen LogP) is 22.0. The fourth-order valence-electron chi connectivity index (χ4n) is 14.9. The largest absolute Gasteiger partial charge is 0.308 e. The van der Waals surface area contributed by atoms with Crippen molar-refractivity contribution in [1.29, 1.82) is 10.5 Å². The SMILES string of the molecule is N#Cc1cccc(-c2c(-n3c4cc(-c5nc(-c6ccccc6)nc(-c6ccccc6)n5)ccc4c4ccc(-c5nc(-c6ccccc6)nc(-c6ccccc6)n5)cc43)cc(C#N)cc2-n2c3cc(-c4nc(-c5ccccc5)nc(-c5ccccc5)n4)ccc3c3ccc(-c4nc(-c5ccccc5)nc(-c5ccccc5)n4)cc32)c1. The molecule has 20 rings (SSSR count). The van der Waals surface area contributed by atoms with Gasteiger partial charge in [-0.15, -0.1) is 0 Å². The Labute approximate surface area is 653 Å². The first-order valence-corrected chi connectivity index (χ1v) is 37.1. The van der Waals surface area contributed by atoms with E-state index in [9.17, 15) is 10.5 Å². The molecule has 14 aromatic carbocycles. The van der Waals surface area contributed by atoms with Crippen LogP contribution in [0.3, 0.4) is 0 Å². The Bertz CT molecular complexity index is 6220. The van der Waals surface area contributed by atoms with Crippen molar-refractivity contribution < 1.29 is 0 Å². The molecule has 0 fully saturated rings. The molecule has 0 aliphatic carbocycles. The number of rotatable bonds is 15. The molecule has 114 heavy (non-hydrogen) atoms. The van der Waals surface area contributed by atoms with Crippen LogP contribution in [0.25, 0.3) is 203 Å². The molecule has 6 heterocycles. The van der Waals surface area contributed by atoms with Gasteiger partial charge in [-0.25, -0.2) is 59.8 Å². The zero-order valence-electron chi connectivity index (χ0n) is 60.6. The molecule has 530 valence electrons. The van der Waals surface area contributed by atoms with E-state index in [0.717, 1.165) is 88.1 Å². The maximum atomic E-state index is 12.0. The van der Waals surface area contributed by atoms with Crippen LogP contribution in [0.5, 0.6) is 0 Å². The second-order valence-electron chi connectivity index (χ2n) is 27.4. The van der Waals surface area contributed by atoms with E-state index in [2.05, 4.69) is 94.1 Å². The molecule has 0 unspecified atom stereocenters. The predicted molar refractivity (Wildman–Crippen MR) is 449 cm³/mol. The van der Waals surface area contributed by atoms with Crippen molar-refractivity contribution in [2.24, 2.45) is 0 Å². The lowest BCUT2D eigenvalue weighted by Crippen LogP contribution is -2.06. The highest BCUT2D eigenvalue weighted by Gasteiger charge is 2.28. The summed E-state index contributed by atoms with van der Waals surface area (Å²) in [5, 5.41) is 26.6. The van der Waals surface area contributed by atoms with Gasteiger partial charge in [0.05, 0.1) is 56.7 Å². The first-order chi connectivity index (χ1) is 56.4. The van der Waals surface area contributed by atoms with E-state index in [1.54, 1.807) is 6.07 Å². The summed E-state index contributed by atoms with van der Waals surface area (Å²) in [5.74, 6) is 5.78. The lowest BCUT2D eigenvalue weighted by atomic mass is 9.96. The van der Waals surface area contributed by atoms with E-state index in [-0.39, 0.29) is 0 Å². The van der Waals surface area contributed by atoms with Gasteiger partial charge in [0.2, 0.25) is 0 Å². The van der Waals surface area contributed by atoms with Crippen LogP contribution >= 0.6 is 0 Å². The fourth-order valence-corrected chi connectivity index (χ4v) is 14.9. The van der Waals surface area contributed by atoms with Gasteiger partial charge in [0.1, 0.15) is 0 Å². The molecule has 16 nitrogen and oxygen atoms in total. The molecule has 20 aromatic rings. The fraction of sp³-hybridized carbons (Fsp3) is 0. The highest BCUT2D eigenvalue weighted by Crippen LogP contribution is 2.46. The van der Waals surface area contributed by atoms with Crippen molar-refractivity contribution in [3.63, 3.8) is 0 Å². The molecule has 0 aliphatic heterocycles. The second kappa shape index (κ2) is 28.7. The van der Waals surface area contributed by atoms with Crippen LogP contribution in [0.1, 0.15) is 11.1 Å². The standard InChI is InChI=1S/C98H58N16/c99-59-61-26-25-43-71(52-61)86-84(113-80-55-72(95-105-87(63-27-9-1-10-28-63)101-88(106-95)64-29-11-2-12-30-64)44-48-76(80)77-49-45-73(56-81(77)113)96-107-89(65-31-13-3-14-32-65)102-90(108-96)66-33-15-4-16-34-66)53-62(60-100)54-85(86)114-82-57-74(97-109-91(67-35-17-5-18-36-67)103-92(110-97)68-37-19-6-20-38-68)46-50-78(82)79-51-47-75(58-83(79)114)98-111-93(69-39-21-7-22-40-69)104-94(112-98)70-41-23-8-24-42-70/h1-58H. The van der Waals surface area contributed by atoms with Gasteiger partial charge < -0.3 is 9.13 Å². The molecule has 0 bridgehead atoms. The highest BCUT2D eigenvalue weighted by atomic mass is 15.1. The second-order valence-corrected chi connectivity index (χ2v) is 27.4. The number of fused-ring (bicyclic) bond motifs is 6. The van der Waals surface area contributed by atoms with E-state index in [4.69, 9.17) is 59.8 Å². The summed E-state index contributed by atoms with van der Waals surface area (Å²) in [6.07, 6.45) is 0. The Morgan fingerprint density at radius 1 is 0.175 bits per heavy atom. The van der Waals surface area contributed by atoms with Crippen molar-refractivity contribution in [3.8, 4) is 171 Å². The number of hydrogen-bond acceptors (Lipinski definition) is 14. The number of nitrogens with zero attached hydrogens (tertiary/aromatic N) is 16. The number of aromatic nitrogens is 14. The summed E-state index contributed by atoms with van der Waals surface area (Å²) in [7, 11) is 0. The topological polar surface area (TPSA) is 212 Å². The van der Waals surface area contributed by atoms with Crippen LogP contribution in [0.2, 0.25) is 0 Å². The zero-order valence-corrected chi connectivity index (χ0v) is 60.6. The van der Waals surface area contributed by atoms with Gasteiger partial charge in [-0.1, -0.05) is 303 Å². The van der Waals surface area contributed by atoms with Crippen LogP contribution in [0.4, 0.5) is 0 Å². The van der Waals surface area contributed by atoms with Crippen molar-refractivity contribution in [3.05, 3.63) is 363 Å². The maximum absolute atomic E-state index is 12.0. The summed E-state index contributed by atoms with van der Waals surface area (Å²) >= 11 is 0. The maximum Gasteiger partial charge on any atom is 0.164 e. The van der Waals surface area contributed by atoms with Crippen LogP contribution in [0.15, 0.2) is 352 Å². The molecule has 0 saturated heterocycles. The molecule has 16 heteroatoms. The molecule has 0 spiro atoms. The Kier molecular flexibility index (Phi) is 16.9. The van der Waals surface area contributed by atoms with Crippen molar-refractivity contribution in [1.82, 2.24) is 68.9 Å². The molecule has 0 atom stereocenters. The third-order valence-electron chi connectivity index (χ3n) is 20.4. The van der Waals surface area contributed by atoms with E-state index >= 15 is 0 Å². The van der Waals surface area contributed by atoms with Gasteiger partial charge in [0.15, 0.2) is 69.9 Å². The average Bonchev–Trinajstić information content (AvgIpc) is 1.54. The lowest BCUT2D eigenvalue weighted by molar-refractivity contribution is 1.07. The lowest BCUT2D eigenvalue weighted by Gasteiger charge is -2.21. The molecular weight excluding hydrogens is 1400 g/mol.